The molecule has 1 aromatic carbocycles. The topological polar surface area (TPSA) is 70.4 Å². The molecule has 28 heavy (non-hydrogen) atoms. The van der Waals surface area contributed by atoms with Gasteiger partial charge in [0.2, 0.25) is 0 Å². The van der Waals surface area contributed by atoms with Gasteiger partial charge in [0.05, 0.1) is 19.8 Å². The third-order valence-corrected chi connectivity index (χ3v) is 8.28. The van der Waals surface area contributed by atoms with Crippen molar-refractivity contribution in [2.75, 3.05) is 0 Å². The molecular weight excluding hydrogens is 490 g/mol. The molecule has 0 bridgehead atoms. The molecule has 0 unspecified atom stereocenters. The smallest absolute Gasteiger partial charge is 0.399 e. The SMILES string of the molecule is CC1(C)OB(c2ccnc3c2cc(I)n3S(=O)(=O)c2ccccc2)OC1(C)C. The van der Waals surface area contributed by atoms with Gasteiger partial charge in [-0.1, -0.05) is 18.2 Å². The van der Waals surface area contributed by atoms with E-state index >= 15 is 0 Å². The molecule has 0 amide bonds. The van der Waals surface area contributed by atoms with Gasteiger partial charge in [-0.25, -0.2) is 17.4 Å². The number of fused-ring (bicyclic) bond motifs is 1. The maximum atomic E-state index is 13.2. The van der Waals surface area contributed by atoms with Crippen LogP contribution in [-0.4, -0.2) is 35.7 Å². The minimum absolute atomic E-state index is 0.216. The maximum absolute atomic E-state index is 13.2. The number of hydrogen-bond donors (Lipinski definition) is 0. The van der Waals surface area contributed by atoms with Crippen LogP contribution in [0.2, 0.25) is 0 Å². The number of halogens is 1. The van der Waals surface area contributed by atoms with E-state index in [0.29, 0.717) is 14.7 Å². The summed E-state index contributed by atoms with van der Waals surface area (Å²) in [5, 5.41) is 0.699. The zero-order valence-electron chi connectivity index (χ0n) is 16.0. The zero-order valence-corrected chi connectivity index (χ0v) is 19.0. The fraction of sp³-hybridized carbons (Fsp3) is 0.316. The molecule has 1 saturated heterocycles. The summed E-state index contributed by atoms with van der Waals surface area (Å²) in [7, 11) is -4.37. The molecule has 4 rings (SSSR count). The van der Waals surface area contributed by atoms with Gasteiger partial charge in [-0.15, -0.1) is 0 Å². The molecular formula is C19H20BIN2O4S. The van der Waals surface area contributed by atoms with Gasteiger partial charge in [0.15, 0.2) is 5.65 Å². The quantitative estimate of drug-likeness (QED) is 0.400. The molecule has 1 aliphatic rings. The Bertz CT molecular complexity index is 1140. The highest BCUT2D eigenvalue weighted by molar-refractivity contribution is 14.1. The Hall–Kier alpha value is -1.43. The number of rotatable bonds is 3. The molecule has 1 fully saturated rings. The van der Waals surface area contributed by atoms with Crippen molar-refractivity contribution in [2.24, 2.45) is 0 Å². The summed E-state index contributed by atoms with van der Waals surface area (Å²) in [6, 6.07) is 12.0. The first-order chi connectivity index (χ1) is 13.0. The molecule has 1 aliphatic heterocycles. The van der Waals surface area contributed by atoms with Gasteiger partial charge >= 0.3 is 7.12 Å². The third-order valence-electron chi connectivity index (χ3n) is 5.44. The summed E-state index contributed by atoms with van der Waals surface area (Å²) in [6.45, 7) is 7.95. The summed E-state index contributed by atoms with van der Waals surface area (Å²) in [5.41, 5.74) is 0.155. The molecule has 3 aromatic rings. The number of nitrogens with zero attached hydrogens (tertiary/aromatic N) is 2. The molecule has 6 nitrogen and oxygen atoms in total. The molecule has 0 radical (unpaired) electrons. The average molecular weight is 510 g/mol. The third kappa shape index (κ3) is 2.99. The van der Waals surface area contributed by atoms with Gasteiger partial charge in [-0.3, -0.25) is 0 Å². The van der Waals surface area contributed by atoms with Gasteiger partial charge < -0.3 is 9.31 Å². The molecule has 0 spiro atoms. The minimum atomic E-state index is -3.77. The lowest BCUT2D eigenvalue weighted by Gasteiger charge is -2.32. The highest BCUT2D eigenvalue weighted by Crippen LogP contribution is 2.37. The van der Waals surface area contributed by atoms with Crippen molar-refractivity contribution in [2.45, 2.75) is 43.8 Å². The van der Waals surface area contributed by atoms with E-state index in [0.717, 1.165) is 5.46 Å². The first-order valence-electron chi connectivity index (χ1n) is 8.87. The molecule has 146 valence electrons. The first kappa shape index (κ1) is 19.9. The van der Waals surface area contributed by atoms with Gasteiger partial charge in [-0.05, 0) is 80.0 Å². The second-order valence-electron chi connectivity index (χ2n) is 7.78. The molecule has 0 aliphatic carbocycles. The van der Waals surface area contributed by atoms with Crippen LogP contribution in [0.4, 0.5) is 0 Å². The Kier molecular flexibility index (Phi) is 4.65. The predicted molar refractivity (Wildman–Crippen MR) is 117 cm³/mol. The maximum Gasteiger partial charge on any atom is 0.495 e. The summed E-state index contributed by atoms with van der Waals surface area (Å²) >= 11 is 2.02. The minimum Gasteiger partial charge on any atom is -0.399 e. The van der Waals surface area contributed by atoms with Gasteiger partial charge in [-0.2, -0.15) is 0 Å². The normalized spacial score (nSPS) is 18.7. The van der Waals surface area contributed by atoms with E-state index < -0.39 is 28.3 Å². The van der Waals surface area contributed by atoms with Crippen molar-refractivity contribution in [1.82, 2.24) is 8.96 Å². The Balaban J connectivity index is 1.88. The highest BCUT2D eigenvalue weighted by Gasteiger charge is 2.52. The summed E-state index contributed by atoms with van der Waals surface area (Å²) < 4.78 is 40.6. The zero-order chi connectivity index (χ0) is 20.3. The van der Waals surface area contributed by atoms with E-state index in [1.165, 1.54) is 3.97 Å². The molecule has 3 heterocycles. The van der Waals surface area contributed by atoms with Crippen molar-refractivity contribution in [3.05, 3.63) is 52.4 Å². The van der Waals surface area contributed by atoms with Crippen molar-refractivity contribution in [1.29, 1.82) is 0 Å². The monoisotopic (exact) mass is 510 g/mol. The Labute approximate surface area is 178 Å². The lowest BCUT2D eigenvalue weighted by atomic mass is 9.78. The standard InChI is InChI=1S/C19H20BIN2O4S/c1-18(2)19(3,4)27-20(26-18)15-10-11-22-17-14(15)12-16(21)23(17)28(24,25)13-8-6-5-7-9-13/h5-12H,1-4H3. The van der Waals surface area contributed by atoms with Crippen LogP contribution in [0, 0.1) is 3.70 Å². The van der Waals surface area contributed by atoms with Crippen LogP contribution in [0.25, 0.3) is 11.0 Å². The molecule has 0 saturated carbocycles. The van der Waals surface area contributed by atoms with E-state index in [9.17, 15) is 8.42 Å². The summed E-state index contributed by atoms with van der Waals surface area (Å²) in [5.74, 6) is 0. The molecule has 0 atom stereocenters. The summed E-state index contributed by atoms with van der Waals surface area (Å²) in [4.78, 5) is 4.58. The number of aromatic nitrogens is 2. The lowest BCUT2D eigenvalue weighted by molar-refractivity contribution is 0.00578. The van der Waals surface area contributed by atoms with Crippen molar-refractivity contribution in [3.63, 3.8) is 0 Å². The molecule has 2 aromatic heterocycles. The second kappa shape index (κ2) is 6.55. The van der Waals surface area contributed by atoms with Crippen LogP contribution < -0.4 is 5.46 Å². The second-order valence-corrected chi connectivity index (χ2v) is 10.7. The Morgan fingerprint density at radius 2 is 1.64 bits per heavy atom. The highest BCUT2D eigenvalue weighted by atomic mass is 127. The van der Waals surface area contributed by atoms with Crippen molar-refractivity contribution >= 4 is 56.2 Å². The largest absolute Gasteiger partial charge is 0.495 e. The van der Waals surface area contributed by atoms with E-state index in [1.807, 2.05) is 62.4 Å². The number of pyridine rings is 1. The Morgan fingerprint density at radius 1 is 1.04 bits per heavy atom. The number of hydrogen-bond acceptors (Lipinski definition) is 5. The molecule has 0 N–H and O–H groups in total. The Morgan fingerprint density at radius 3 is 2.25 bits per heavy atom. The van der Waals surface area contributed by atoms with E-state index in [1.54, 1.807) is 36.5 Å². The van der Waals surface area contributed by atoms with Crippen LogP contribution in [0.5, 0.6) is 0 Å². The van der Waals surface area contributed by atoms with Crippen LogP contribution in [0.1, 0.15) is 27.7 Å². The van der Waals surface area contributed by atoms with Crippen LogP contribution >= 0.6 is 22.6 Å². The van der Waals surface area contributed by atoms with Crippen molar-refractivity contribution in [3.8, 4) is 0 Å². The van der Waals surface area contributed by atoms with Crippen molar-refractivity contribution < 1.29 is 17.7 Å². The fourth-order valence-corrected chi connectivity index (χ4v) is 5.85. The van der Waals surface area contributed by atoms with Gasteiger partial charge in [0, 0.05) is 11.6 Å². The lowest BCUT2D eigenvalue weighted by Crippen LogP contribution is -2.41. The predicted octanol–water partition coefficient (Wildman–Crippen LogP) is 3.18. The van der Waals surface area contributed by atoms with Gasteiger partial charge in [0.25, 0.3) is 10.0 Å². The van der Waals surface area contributed by atoms with Gasteiger partial charge in [0.1, 0.15) is 0 Å². The van der Waals surface area contributed by atoms with Crippen LogP contribution in [0.15, 0.2) is 53.6 Å². The molecule has 9 heteroatoms. The average Bonchev–Trinajstić information content (AvgIpc) is 3.07. The van der Waals surface area contributed by atoms with E-state index in [2.05, 4.69) is 4.98 Å². The number of benzene rings is 1. The summed E-state index contributed by atoms with van der Waals surface area (Å²) in [6.07, 6.45) is 1.59. The van der Waals surface area contributed by atoms with E-state index in [-0.39, 0.29) is 4.90 Å². The van der Waals surface area contributed by atoms with E-state index in [4.69, 9.17) is 9.31 Å². The fourth-order valence-electron chi connectivity index (χ4n) is 3.17. The van der Waals surface area contributed by atoms with Crippen LogP contribution in [0.3, 0.4) is 0 Å². The first-order valence-corrected chi connectivity index (χ1v) is 11.4. The van der Waals surface area contributed by atoms with Crippen LogP contribution in [-0.2, 0) is 19.3 Å².